The van der Waals surface area contributed by atoms with Crippen LogP contribution in [0.1, 0.15) is 45.1 Å². The minimum Gasteiger partial charge on any atom is -0.324 e. The first-order valence-corrected chi connectivity index (χ1v) is 12.2. The summed E-state index contributed by atoms with van der Waals surface area (Å²) in [5, 5.41) is 3.59. The number of aromatic nitrogens is 3. The van der Waals surface area contributed by atoms with Gasteiger partial charge in [0.15, 0.2) is 15.7 Å². The van der Waals surface area contributed by atoms with Gasteiger partial charge in [0.05, 0.1) is 4.90 Å². The Morgan fingerprint density at radius 1 is 1.26 bits per heavy atom. The predicted molar refractivity (Wildman–Crippen MR) is 118 cm³/mol. The Kier molecular flexibility index (Phi) is 4.44. The van der Waals surface area contributed by atoms with Gasteiger partial charge in [-0.15, -0.1) is 0 Å². The number of nitrogens with zero attached hydrogens (tertiary/aromatic N) is 3. The van der Waals surface area contributed by atoms with Crippen LogP contribution in [0.25, 0.3) is 11.0 Å². The van der Waals surface area contributed by atoms with Crippen LogP contribution in [-0.4, -0.2) is 29.2 Å². The molecule has 1 N–H and O–H groups in total. The lowest BCUT2D eigenvalue weighted by atomic mass is 10.00. The molecule has 5 rings (SSSR count). The molecule has 31 heavy (non-hydrogen) atoms. The fraction of sp³-hybridized carbons (Fsp3) is 0.409. The van der Waals surface area contributed by atoms with Gasteiger partial charge in [-0.05, 0) is 67.9 Å². The van der Waals surface area contributed by atoms with Crippen molar-refractivity contribution in [2.75, 3.05) is 11.6 Å². The summed E-state index contributed by atoms with van der Waals surface area (Å²) >= 11 is 0. The van der Waals surface area contributed by atoms with Gasteiger partial charge in [0.25, 0.3) is 5.56 Å². The van der Waals surface area contributed by atoms with E-state index in [0.29, 0.717) is 16.7 Å². The lowest BCUT2D eigenvalue weighted by Gasteiger charge is -2.23. The maximum atomic E-state index is 14.4. The van der Waals surface area contributed by atoms with E-state index >= 15 is 0 Å². The molecule has 0 bridgehead atoms. The summed E-state index contributed by atoms with van der Waals surface area (Å²) in [6.07, 6.45) is 7.72. The van der Waals surface area contributed by atoms with Crippen LogP contribution in [-0.2, 0) is 9.84 Å². The molecule has 2 aromatic heterocycles. The van der Waals surface area contributed by atoms with E-state index in [-0.39, 0.29) is 23.7 Å². The van der Waals surface area contributed by atoms with Crippen LogP contribution in [0.2, 0.25) is 0 Å². The number of nitrogens with one attached hydrogen (secondary N) is 1. The fourth-order valence-corrected chi connectivity index (χ4v) is 5.54. The summed E-state index contributed by atoms with van der Waals surface area (Å²) in [4.78, 5) is 21.9. The second-order valence-electron chi connectivity index (χ2n) is 8.78. The van der Waals surface area contributed by atoms with Crippen LogP contribution in [0.3, 0.4) is 0 Å². The first-order valence-electron chi connectivity index (χ1n) is 10.3. The van der Waals surface area contributed by atoms with Gasteiger partial charge in [0, 0.05) is 31.0 Å². The lowest BCUT2D eigenvalue weighted by molar-refractivity contribution is 0.352. The molecule has 1 aromatic carbocycles. The molecule has 2 saturated carbocycles. The van der Waals surface area contributed by atoms with Crippen molar-refractivity contribution in [2.24, 2.45) is 5.41 Å². The third-order valence-corrected chi connectivity index (χ3v) is 7.78. The number of rotatable bonds is 4. The van der Waals surface area contributed by atoms with Gasteiger partial charge >= 0.3 is 0 Å². The van der Waals surface area contributed by atoms with Crippen LogP contribution in [0, 0.1) is 18.2 Å². The Hall–Kier alpha value is -2.81. The number of halogens is 1. The highest BCUT2D eigenvalue weighted by atomic mass is 32.2. The molecule has 0 saturated heterocycles. The quantitative estimate of drug-likeness (QED) is 0.650. The van der Waals surface area contributed by atoms with Crippen molar-refractivity contribution in [1.29, 1.82) is 0 Å². The molecule has 1 spiro atoms. The Balaban J connectivity index is 0.00000245. The number of hydrogen-bond acceptors (Lipinski definition) is 6. The summed E-state index contributed by atoms with van der Waals surface area (Å²) in [7, 11) is -3.31. The molecule has 0 radical (unpaired) electrons. The van der Waals surface area contributed by atoms with Crippen LogP contribution in [0.5, 0.6) is 0 Å². The third kappa shape index (κ3) is 3.40. The summed E-state index contributed by atoms with van der Waals surface area (Å²) < 4.78 is 39.5. The lowest BCUT2D eigenvalue weighted by Crippen LogP contribution is -2.30. The van der Waals surface area contributed by atoms with Crippen molar-refractivity contribution in [3.8, 4) is 0 Å². The van der Waals surface area contributed by atoms with Gasteiger partial charge in [-0.25, -0.2) is 17.8 Å². The molecule has 0 aliphatic heterocycles. The third-order valence-electron chi connectivity index (χ3n) is 6.66. The van der Waals surface area contributed by atoms with Crippen molar-refractivity contribution >= 4 is 32.5 Å². The largest absolute Gasteiger partial charge is 0.324 e. The second-order valence-corrected chi connectivity index (χ2v) is 10.8. The van der Waals surface area contributed by atoms with Gasteiger partial charge in [-0.3, -0.25) is 9.36 Å². The van der Waals surface area contributed by atoms with E-state index in [2.05, 4.69) is 15.3 Å². The Labute approximate surface area is 180 Å². The van der Waals surface area contributed by atoms with Crippen LogP contribution < -0.4 is 10.9 Å². The Morgan fingerprint density at radius 3 is 2.71 bits per heavy atom. The van der Waals surface area contributed by atoms with E-state index in [1.54, 1.807) is 19.1 Å². The highest BCUT2D eigenvalue weighted by Crippen LogP contribution is 2.63. The molecule has 3 aromatic rings. The minimum absolute atomic E-state index is 0. The molecule has 2 fully saturated rings. The van der Waals surface area contributed by atoms with Gasteiger partial charge < -0.3 is 5.32 Å². The Bertz CT molecular complexity index is 1390. The summed E-state index contributed by atoms with van der Waals surface area (Å²) in [6, 6.07) is 5.91. The number of benzene rings is 1. The predicted octanol–water partition coefficient (Wildman–Crippen LogP) is 4.14. The molecule has 2 heterocycles. The number of hydrogen-bond donors (Lipinski definition) is 1. The van der Waals surface area contributed by atoms with Gasteiger partial charge in [-0.2, -0.15) is 4.98 Å². The highest BCUT2D eigenvalue weighted by molar-refractivity contribution is 7.90. The number of aryl methyl sites for hydroxylation is 1. The van der Waals surface area contributed by atoms with Crippen molar-refractivity contribution in [1.82, 2.24) is 14.5 Å². The maximum Gasteiger partial charge on any atom is 0.288 e. The van der Waals surface area contributed by atoms with E-state index in [4.69, 9.17) is 0 Å². The average Bonchev–Trinajstić information content (AvgIpc) is 3.37. The molecule has 7 nitrogen and oxygen atoms in total. The summed E-state index contributed by atoms with van der Waals surface area (Å²) in [6.45, 7) is 1.79. The molecule has 9 heteroatoms. The molecule has 0 amide bonds. The second kappa shape index (κ2) is 6.85. The minimum atomic E-state index is -3.31. The molecule has 1 atom stereocenters. The van der Waals surface area contributed by atoms with Crippen LogP contribution in [0.4, 0.5) is 16.0 Å². The van der Waals surface area contributed by atoms with E-state index in [1.165, 1.54) is 22.9 Å². The fourth-order valence-electron chi connectivity index (χ4n) is 4.83. The van der Waals surface area contributed by atoms with E-state index in [1.807, 2.05) is 0 Å². The Morgan fingerprint density at radius 2 is 2.03 bits per heavy atom. The number of fused-ring (bicyclic) bond motifs is 1. The standard InChI is InChI=1S/C22H23FN4O3S.H2/c1-13-10-15(31(2,29)30)5-6-17(13)25-21-24-12-14-11-16(23)20(28)27(19(14)26-21)18-4-3-7-22(18)8-9-22;/h5-6,10-12,18H,3-4,7-9H2,1-2H3,(H,24,25,26);1H. The van der Waals surface area contributed by atoms with Crippen molar-refractivity contribution in [2.45, 2.75) is 50.0 Å². The van der Waals surface area contributed by atoms with Gasteiger partial charge in [0.1, 0.15) is 5.65 Å². The molecule has 164 valence electrons. The van der Waals surface area contributed by atoms with Gasteiger partial charge in [0.2, 0.25) is 5.95 Å². The summed E-state index contributed by atoms with van der Waals surface area (Å²) in [5.74, 6) is -0.517. The average molecular weight is 445 g/mol. The first-order chi connectivity index (χ1) is 14.7. The molecular formula is C22H25FN4O3S. The zero-order chi connectivity index (χ0) is 22.0. The molecule has 1 unspecified atom stereocenters. The number of anilines is 2. The zero-order valence-corrected chi connectivity index (χ0v) is 18.2. The molecule has 2 aliphatic rings. The van der Waals surface area contributed by atoms with Crippen molar-refractivity contribution < 1.29 is 14.2 Å². The molecular weight excluding hydrogens is 419 g/mol. The van der Waals surface area contributed by atoms with Gasteiger partial charge in [-0.1, -0.05) is 6.42 Å². The first kappa shape index (κ1) is 20.1. The summed E-state index contributed by atoms with van der Waals surface area (Å²) in [5.41, 5.74) is 1.26. The van der Waals surface area contributed by atoms with E-state index < -0.39 is 21.2 Å². The highest BCUT2D eigenvalue weighted by Gasteiger charge is 2.53. The smallest absolute Gasteiger partial charge is 0.288 e. The van der Waals surface area contributed by atoms with Crippen molar-refractivity contribution in [3.05, 3.63) is 52.2 Å². The maximum absolute atomic E-state index is 14.4. The topological polar surface area (TPSA) is 94.0 Å². The van der Waals surface area contributed by atoms with Crippen LogP contribution in [0.15, 0.2) is 40.2 Å². The SMILES string of the molecule is Cc1cc(S(C)(=O)=O)ccc1Nc1ncc2cc(F)c(=O)n(C3CCCC34CC4)c2n1.[HH]. The van der Waals surface area contributed by atoms with Crippen molar-refractivity contribution in [3.63, 3.8) is 0 Å². The number of sulfone groups is 1. The monoisotopic (exact) mass is 444 g/mol. The van der Waals surface area contributed by atoms with E-state index in [0.717, 1.165) is 43.9 Å². The molecule has 2 aliphatic carbocycles. The van der Waals surface area contributed by atoms with Crippen LogP contribution >= 0.6 is 0 Å². The number of pyridine rings is 1. The van der Waals surface area contributed by atoms with E-state index in [9.17, 15) is 17.6 Å². The normalized spacial score (nSPS) is 19.8. The zero-order valence-electron chi connectivity index (χ0n) is 17.4.